The van der Waals surface area contributed by atoms with Gasteiger partial charge in [-0.25, -0.2) is 9.97 Å². The molecule has 0 aliphatic carbocycles. The normalized spacial score (nSPS) is 16.7. The minimum Gasteiger partial charge on any atom is -0.336 e. The molecule has 1 saturated heterocycles. The Morgan fingerprint density at radius 3 is 2.78 bits per heavy atom. The van der Waals surface area contributed by atoms with Crippen LogP contribution in [0.1, 0.15) is 33.6 Å². The van der Waals surface area contributed by atoms with Crippen molar-refractivity contribution in [2.75, 3.05) is 19.6 Å². The molecule has 10 heteroatoms. The number of hydrogen-bond acceptors (Lipinski definition) is 5. The molecule has 3 aromatic rings. The molecule has 4 rings (SSSR count). The summed E-state index contributed by atoms with van der Waals surface area (Å²) in [5.41, 5.74) is 2.87. The average molecular weight is 412 g/mol. The van der Waals surface area contributed by atoms with E-state index in [-0.39, 0.29) is 36.8 Å². The van der Waals surface area contributed by atoms with Gasteiger partial charge in [0.1, 0.15) is 11.9 Å². The number of hydrogen-bond donors (Lipinski definition) is 2. The van der Waals surface area contributed by atoms with Gasteiger partial charge in [-0.3, -0.25) is 9.89 Å². The molecule has 0 aromatic carbocycles. The van der Waals surface area contributed by atoms with Crippen LogP contribution in [-0.4, -0.2) is 55.2 Å². The number of nitrogens with zero attached hydrogens (tertiary/aromatic N) is 5. The molecular weight excluding hydrogens is 389 g/mol. The molecule has 1 aliphatic heterocycles. The second kappa shape index (κ2) is 8.24. The molecule has 0 spiro atoms. The van der Waals surface area contributed by atoms with E-state index in [2.05, 4.69) is 25.5 Å². The van der Waals surface area contributed by atoms with Crippen LogP contribution < -0.4 is 5.32 Å². The van der Waals surface area contributed by atoms with Crippen LogP contribution in [0.25, 0.3) is 11.0 Å². The van der Waals surface area contributed by atoms with Crippen LogP contribution >= 0.6 is 24.8 Å². The maximum Gasteiger partial charge on any atom is 0.255 e. The number of aryl methyl sites for hydroxylation is 3. The molecule has 0 bridgehead atoms. The maximum absolute atomic E-state index is 13.4. The van der Waals surface area contributed by atoms with Crippen molar-refractivity contribution in [3.63, 3.8) is 0 Å². The van der Waals surface area contributed by atoms with Crippen LogP contribution in [0.2, 0.25) is 0 Å². The number of rotatable bonds is 2. The Morgan fingerprint density at radius 2 is 2.07 bits per heavy atom. The number of fused-ring (bicyclic) bond motifs is 1. The summed E-state index contributed by atoms with van der Waals surface area (Å²) in [4.78, 5) is 24.2. The predicted molar refractivity (Wildman–Crippen MR) is 108 cm³/mol. The molecule has 27 heavy (non-hydrogen) atoms. The molecule has 1 unspecified atom stereocenters. The van der Waals surface area contributed by atoms with Crippen LogP contribution in [0.4, 0.5) is 0 Å². The third-order valence-corrected chi connectivity index (χ3v) is 4.72. The van der Waals surface area contributed by atoms with Gasteiger partial charge in [0.25, 0.3) is 5.91 Å². The first-order chi connectivity index (χ1) is 12.1. The lowest BCUT2D eigenvalue weighted by Crippen LogP contribution is -2.49. The van der Waals surface area contributed by atoms with Crippen LogP contribution in [0.5, 0.6) is 0 Å². The first kappa shape index (κ1) is 21.1. The number of carbonyl (C=O) groups excluding carboxylic acids is 1. The Hall–Kier alpha value is -2.16. The van der Waals surface area contributed by atoms with E-state index in [1.165, 1.54) is 0 Å². The Labute approximate surface area is 169 Å². The number of pyridine rings is 1. The molecule has 1 atom stereocenters. The molecule has 8 nitrogen and oxygen atoms in total. The molecule has 0 saturated carbocycles. The fraction of sp³-hybridized carbons (Fsp3) is 0.412. The van der Waals surface area contributed by atoms with Crippen molar-refractivity contribution in [1.82, 2.24) is 34.9 Å². The van der Waals surface area contributed by atoms with E-state index in [0.717, 1.165) is 29.1 Å². The van der Waals surface area contributed by atoms with E-state index in [9.17, 15) is 4.79 Å². The minimum absolute atomic E-state index is 0. The maximum atomic E-state index is 13.4. The smallest absolute Gasteiger partial charge is 0.255 e. The van der Waals surface area contributed by atoms with E-state index in [4.69, 9.17) is 0 Å². The average Bonchev–Trinajstić information content (AvgIpc) is 3.19. The summed E-state index contributed by atoms with van der Waals surface area (Å²) in [6.45, 7) is 5.89. The van der Waals surface area contributed by atoms with Crippen molar-refractivity contribution < 1.29 is 4.79 Å². The summed E-state index contributed by atoms with van der Waals surface area (Å²) in [6.07, 6.45) is 3.67. The van der Waals surface area contributed by atoms with Crippen LogP contribution in [-0.2, 0) is 7.05 Å². The van der Waals surface area contributed by atoms with Crippen molar-refractivity contribution in [2.45, 2.75) is 19.9 Å². The van der Waals surface area contributed by atoms with Crippen molar-refractivity contribution in [3.05, 3.63) is 41.2 Å². The zero-order valence-electron chi connectivity index (χ0n) is 15.4. The predicted octanol–water partition coefficient (Wildman–Crippen LogP) is 1.94. The number of nitrogens with one attached hydrogen (secondary N) is 2. The molecule has 1 amide bonds. The molecule has 1 fully saturated rings. The largest absolute Gasteiger partial charge is 0.336 e. The zero-order chi connectivity index (χ0) is 17.6. The lowest BCUT2D eigenvalue weighted by atomic mass is 10.1. The fourth-order valence-corrected chi connectivity index (χ4v) is 3.50. The molecule has 3 aromatic heterocycles. The third-order valence-electron chi connectivity index (χ3n) is 4.72. The second-order valence-corrected chi connectivity index (χ2v) is 6.47. The second-order valence-electron chi connectivity index (χ2n) is 6.47. The summed E-state index contributed by atoms with van der Waals surface area (Å²) in [5, 5.41) is 11.3. The standard InChI is InChI=1S/C17H21N7O.2ClH/c1-10-8-12(14-11(2)21-22-15(14)20-10)17(25)24-7-4-18-9-13(24)16-19-5-6-23(16)3;;/h5-6,8,13,18H,4,7,9H2,1-3H3,(H,20,21,22);2*1H. The number of imidazole rings is 1. The van der Waals surface area contributed by atoms with Crippen LogP contribution in [0.3, 0.4) is 0 Å². The third kappa shape index (κ3) is 3.65. The number of aromatic nitrogens is 5. The zero-order valence-corrected chi connectivity index (χ0v) is 17.0. The van der Waals surface area contributed by atoms with Crippen molar-refractivity contribution in [3.8, 4) is 0 Å². The van der Waals surface area contributed by atoms with Gasteiger partial charge in [0.15, 0.2) is 5.65 Å². The van der Waals surface area contributed by atoms with Gasteiger partial charge in [-0.05, 0) is 19.9 Å². The SMILES string of the molecule is Cc1cc(C(=O)N2CCNCC2c2nccn2C)c2c(C)[nH]nc2n1.Cl.Cl. The highest BCUT2D eigenvalue weighted by Crippen LogP contribution is 2.27. The van der Waals surface area contributed by atoms with E-state index >= 15 is 0 Å². The highest BCUT2D eigenvalue weighted by atomic mass is 35.5. The fourth-order valence-electron chi connectivity index (χ4n) is 3.50. The van der Waals surface area contributed by atoms with Gasteiger partial charge in [0.2, 0.25) is 0 Å². The van der Waals surface area contributed by atoms with Crippen molar-refractivity contribution in [1.29, 1.82) is 0 Å². The van der Waals surface area contributed by atoms with Gasteiger partial charge >= 0.3 is 0 Å². The molecule has 4 heterocycles. The van der Waals surface area contributed by atoms with Crippen LogP contribution in [0, 0.1) is 13.8 Å². The summed E-state index contributed by atoms with van der Waals surface area (Å²) >= 11 is 0. The summed E-state index contributed by atoms with van der Waals surface area (Å²) in [6, 6.07) is 1.75. The van der Waals surface area contributed by atoms with Gasteiger partial charge in [0.05, 0.1) is 10.9 Å². The molecule has 1 aliphatic rings. The van der Waals surface area contributed by atoms with E-state index in [1.54, 1.807) is 6.20 Å². The number of halogens is 2. The van der Waals surface area contributed by atoms with Gasteiger partial charge in [0, 0.05) is 50.5 Å². The highest BCUT2D eigenvalue weighted by molar-refractivity contribution is 6.06. The van der Waals surface area contributed by atoms with Crippen LogP contribution in [0.15, 0.2) is 18.5 Å². The molecular formula is C17H23Cl2N7O. The number of amides is 1. The Balaban J connectivity index is 0.00000131. The first-order valence-electron chi connectivity index (χ1n) is 8.37. The first-order valence-corrected chi connectivity index (χ1v) is 8.37. The Kier molecular flexibility index (Phi) is 6.46. The van der Waals surface area contributed by atoms with E-state index in [1.807, 2.05) is 42.6 Å². The number of H-pyrrole nitrogens is 1. The van der Waals surface area contributed by atoms with Gasteiger partial charge < -0.3 is 14.8 Å². The van der Waals surface area contributed by atoms with Crippen molar-refractivity contribution >= 4 is 41.8 Å². The quantitative estimate of drug-likeness (QED) is 0.671. The van der Waals surface area contributed by atoms with E-state index in [0.29, 0.717) is 24.3 Å². The van der Waals surface area contributed by atoms with Gasteiger partial charge in [-0.15, -0.1) is 24.8 Å². The monoisotopic (exact) mass is 411 g/mol. The minimum atomic E-state index is -0.100. The molecule has 146 valence electrons. The summed E-state index contributed by atoms with van der Waals surface area (Å²) < 4.78 is 1.97. The highest BCUT2D eigenvalue weighted by Gasteiger charge is 2.32. The topological polar surface area (TPSA) is 91.7 Å². The number of piperazine rings is 1. The summed E-state index contributed by atoms with van der Waals surface area (Å²) in [7, 11) is 1.95. The Morgan fingerprint density at radius 1 is 1.30 bits per heavy atom. The molecule has 0 radical (unpaired) electrons. The van der Waals surface area contributed by atoms with Crippen molar-refractivity contribution in [2.24, 2.45) is 7.05 Å². The summed E-state index contributed by atoms with van der Waals surface area (Å²) in [5.74, 6) is 0.876. The number of carbonyl (C=O) groups is 1. The lowest BCUT2D eigenvalue weighted by Gasteiger charge is -2.36. The molecule has 2 N–H and O–H groups in total. The van der Waals surface area contributed by atoms with Gasteiger partial charge in [-0.2, -0.15) is 5.10 Å². The number of aromatic amines is 1. The van der Waals surface area contributed by atoms with E-state index < -0.39 is 0 Å². The lowest BCUT2D eigenvalue weighted by molar-refractivity contribution is 0.0622. The Bertz CT molecular complexity index is 952. The van der Waals surface area contributed by atoms with Gasteiger partial charge in [-0.1, -0.05) is 0 Å².